The largest absolute Gasteiger partial charge is 0.380 e. The molecular weight excluding hydrogens is 176 g/mol. The molecule has 1 rings (SSSR count). The molecule has 3 nitrogen and oxygen atoms in total. The minimum absolute atomic E-state index is 0.724. The smallest absolute Gasteiger partial charge is 0.0662 e. The highest BCUT2D eigenvalue weighted by atomic mass is 16.5. The van der Waals surface area contributed by atoms with Crippen molar-refractivity contribution in [2.45, 2.75) is 33.7 Å². The first-order valence-corrected chi connectivity index (χ1v) is 5.26. The fourth-order valence-electron chi connectivity index (χ4n) is 1.20. The summed E-state index contributed by atoms with van der Waals surface area (Å²) in [6.45, 7) is 8.95. The first-order chi connectivity index (χ1) is 6.70. The molecule has 1 aromatic rings. The summed E-state index contributed by atoms with van der Waals surface area (Å²) >= 11 is 0. The van der Waals surface area contributed by atoms with Crippen LogP contribution in [0.3, 0.4) is 0 Å². The Hall–Kier alpha value is -0.830. The molecule has 0 bridgehead atoms. The molecule has 3 heteroatoms. The maximum Gasteiger partial charge on any atom is 0.0662 e. The molecule has 0 N–H and O–H groups in total. The lowest BCUT2D eigenvalue weighted by molar-refractivity contribution is 0.113. The molecule has 0 aliphatic carbocycles. The Balaban J connectivity index is 2.08. The van der Waals surface area contributed by atoms with Gasteiger partial charge in [-0.3, -0.25) is 4.68 Å². The Bertz CT molecular complexity index is 256. The fourth-order valence-corrected chi connectivity index (χ4v) is 1.20. The van der Waals surface area contributed by atoms with Crippen molar-refractivity contribution in [1.29, 1.82) is 0 Å². The van der Waals surface area contributed by atoms with E-state index < -0.39 is 0 Å². The Labute approximate surface area is 86.1 Å². The number of ether oxygens (including phenoxy) is 1. The van der Waals surface area contributed by atoms with Gasteiger partial charge in [0.15, 0.2) is 0 Å². The summed E-state index contributed by atoms with van der Waals surface area (Å²) in [4.78, 5) is 0. The van der Waals surface area contributed by atoms with E-state index >= 15 is 0 Å². The molecule has 0 amide bonds. The highest BCUT2D eigenvalue weighted by Crippen LogP contribution is 1.99. The standard InChI is InChI=1S/C11H20N2O/c1-10(2)5-8-14-9-7-13-11(3)4-6-12-13/h4,6,10H,5,7-9H2,1-3H3. The molecule has 14 heavy (non-hydrogen) atoms. The third kappa shape index (κ3) is 3.92. The summed E-state index contributed by atoms with van der Waals surface area (Å²) in [5, 5.41) is 4.19. The van der Waals surface area contributed by atoms with Gasteiger partial charge in [-0.2, -0.15) is 5.10 Å². The van der Waals surface area contributed by atoms with Gasteiger partial charge in [0.05, 0.1) is 13.2 Å². The van der Waals surface area contributed by atoms with Crippen LogP contribution in [0.2, 0.25) is 0 Å². The number of nitrogens with zero attached hydrogens (tertiary/aromatic N) is 2. The predicted molar refractivity (Wildman–Crippen MR) is 57.2 cm³/mol. The second kappa shape index (κ2) is 5.81. The van der Waals surface area contributed by atoms with E-state index in [1.165, 1.54) is 5.69 Å². The molecular formula is C11H20N2O. The molecule has 0 fully saturated rings. The second-order valence-corrected chi connectivity index (χ2v) is 3.99. The highest BCUT2D eigenvalue weighted by molar-refractivity contribution is 4.96. The molecule has 0 saturated carbocycles. The highest BCUT2D eigenvalue weighted by Gasteiger charge is 1.97. The average molecular weight is 196 g/mol. The summed E-state index contributed by atoms with van der Waals surface area (Å²) in [6.07, 6.45) is 2.96. The molecule has 0 atom stereocenters. The monoisotopic (exact) mass is 196 g/mol. The number of hydrogen-bond acceptors (Lipinski definition) is 2. The molecule has 0 aromatic carbocycles. The van der Waals surface area contributed by atoms with E-state index in [9.17, 15) is 0 Å². The van der Waals surface area contributed by atoms with Crippen LogP contribution in [0.15, 0.2) is 12.3 Å². The lowest BCUT2D eigenvalue weighted by Crippen LogP contribution is -2.10. The van der Waals surface area contributed by atoms with Gasteiger partial charge >= 0.3 is 0 Å². The molecule has 0 aliphatic rings. The third-order valence-electron chi connectivity index (χ3n) is 2.22. The van der Waals surface area contributed by atoms with Crippen molar-refractivity contribution in [3.05, 3.63) is 18.0 Å². The van der Waals surface area contributed by atoms with Crippen LogP contribution < -0.4 is 0 Å². The zero-order chi connectivity index (χ0) is 10.4. The van der Waals surface area contributed by atoms with Gasteiger partial charge in [0, 0.05) is 18.5 Å². The third-order valence-corrected chi connectivity index (χ3v) is 2.22. The van der Waals surface area contributed by atoms with E-state index in [4.69, 9.17) is 4.74 Å². The molecule has 1 heterocycles. The van der Waals surface area contributed by atoms with E-state index in [1.807, 2.05) is 16.9 Å². The zero-order valence-electron chi connectivity index (χ0n) is 9.36. The molecule has 0 saturated heterocycles. The van der Waals surface area contributed by atoms with Crippen molar-refractivity contribution < 1.29 is 4.74 Å². The van der Waals surface area contributed by atoms with Gasteiger partial charge in [0.25, 0.3) is 0 Å². The normalized spacial score (nSPS) is 11.1. The summed E-state index contributed by atoms with van der Waals surface area (Å²) < 4.78 is 7.48. The van der Waals surface area contributed by atoms with Gasteiger partial charge in [0.2, 0.25) is 0 Å². The minimum atomic E-state index is 0.724. The quantitative estimate of drug-likeness (QED) is 0.652. The molecule has 80 valence electrons. The van der Waals surface area contributed by atoms with Crippen LogP contribution in [-0.2, 0) is 11.3 Å². The van der Waals surface area contributed by atoms with E-state index in [2.05, 4.69) is 25.9 Å². The van der Waals surface area contributed by atoms with Gasteiger partial charge in [-0.05, 0) is 25.3 Å². The van der Waals surface area contributed by atoms with Crippen LogP contribution >= 0.6 is 0 Å². The average Bonchev–Trinajstić information content (AvgIpc) is 2.51. The maximum absolute atomic E-state index is 5.51. The zero-order valence-corrected chi connectivity index (χ0v) is 9.36. The lowest BCUT2D eigenvalue weighted by Gasteiger charge is -2.07. The van der Waals surface area contributed by atoms with E-state index in [0.29, 0.717) is 0 Å². The summed E-state index contributed by atoms with van der Waals surface area (Å²) in [5.74, 6) is 0.724. The first-order valence-electron chi connectivity index (χ1n) is 5.26. The maximum atomic E-state index is 5.51. The van der Waals surface area contributed by atoms with Gasteiger partial charge in [0.1, 0.15) is 0 Å². The lowest BCUT2D eigenvalue weighted by atomic mass is 10.1. The number of rotatable bonds is 6. The van der Waals surface area contributed by atoms with Gasteiger partial charge < -0.3 is 4.74 Å². The second-order valence-electron chi connectivity index (χ2n) is 3.99. The van der Waals surface area contributed by atoms with Crippen LogP contribution in [-0.4, -0.2) is 23.0 Å². The predicted octanol–water partition coefficient (Wildman–Crippen LogP) is 2.25. The summed E-state index contributed by atoms with van der Waals surface area (Å²) in [5.41, 5.74) is 1.19. The van der Waals surface area contributed by atoms with Crippen LogP contribution in [0.1, 0.15) is 26.0 Å². The number of aryl methyl sites for hydroxylation is 1. The number of hydrogen-bond donors (Lipinski definition) is 0. The first kappa shape index (κ1) is 11.2. The van der Waals surface area contributed by atoms with Crippen molar-refractivity contribution >= 4 is 0 Å². The van der Waals surface area contributed by atoms with Crippen molar-refractivity contribution in [2.24, 2.45) is 5.92 Å². The van der Waals surface area contributed by atoms with Gasteiger partial charge in [-0.15, -0.1) is 0 Å². The summed E-state index contributed by atoms with van der Waals surface area (Å²) in [7, 11) is 0. The van der Waals surface area contributed by atoms with E-state index in [1.54, 1.807) is 0 Å². The van der Waals surface area contributed by atoms with Crippen molar-refractivity contribution in [3.8, 4) is 0 Å². The van der Waals surface area contributed by atoms with Crippen LogP contribution in [0.25, 0.3) is 0 Å². The molecule has 1 aromatic heterocycles. The van der Waals surface area contributed by atoms with E-state index in [0.717, 1.165) is 32.1 Å². The molecule has 0 spiro atoms. The Morgan fingerprint density at radius 2 is 2.21 bits per heavy atom. The molecule has 0 unspecified atom stereocenters. The number of aromatic nitrogens is 2. The molecule has 0 radical (unpaired) electrons. The van der Waals surface area contributed by atoms with E-state index in [-0.39, 0.29) is 0 Å². The summed E-state index contributed by atoms with van der Waals surface area (Å²) in [6, 6.07) is 2.01. The SMILES string of the molecule is Cc1ccnn1CCOCCC(C)C. The van der Waals surface area contributed by atoms with Crippen molar-refractivity contribution in [3.63, 3.8) is 0 Å². The van der Waals surface area contributed by atoms with Gasteiger partial charge in [-0.25, -0.2) is 0 Å². The minimum Gasteiger partial charge on any atom is -0.380 e. The molecule has 0 aliphatic heterocycles. The van der Waals surface area contributed by atoms with Crippen molar-refractivity contribution in [1.82, 2.24) is 9.78 Å². The van der Waals surface area contributed by atoms with Gasteiger partial charge in [-0.1, -0.05) is 13.8 Å². The topological polar surface area (TPSA) is 27.1 Å². The van der Waals surface area contributed by atoms with Crippen LogP contribution in [0.4, 0.5) is 0 Å². The fraction of sp³-hybridized carbons (Fsp3) is 0.727. The van der Waals surface area contributed by atoms with Crippen molar-refractivity contribution in [2.75, 3.05) is 13.2 Å². The Kier molecular flexibility index (Phi) is 4.66. The Morgan fingerprint density at radius 3 is 2.79 bits per heavy atom. The van der Waals surface area contributed by atoms with Crippen LogP contribution in [0.5, 0.6) is 0 Å². The Morgan fingerprint density at radius 1 is 1.43 bits per heavy atom. The van der Waals surface area contributed by atoms with Crippen LogP contribution in [0, 0.1) is 12.8 Å².